The van der Waals surface area contributed by atoms with Gasteiger partial charge in [-0.15, -0.1) is 0 Å². The van der Waals surface area contributed by atoms with Crippen LogP contribution in [0, 0.1) is 11.7 Å². The van der Waals surface area contributed by atoms with Crippen molar-refractivity contribution in [2.75, 3.05) is 39.2 Å². The first-order valence-electron chi connectivity index (χ1n) is 9.53. The van der Waals surface area contributed by atoms with Gasteiger partial charge in [0.25, 0.3) is 0 Å². The van der Waals surface area contributed by atoms with Crippen LogP contribution in [0.3, 0.4) is 0 Å². The summed E-state index contributed by atoms with van der Waals surface area (Å²) < 4.78 is 19.2. The number of ether oxygens (including phenoxy) is 1. The van der Waals surface area contributed by atoms with Crippen molar-refractivity contribution in [3.05, 3.63) is 59.9 Å². The molecule has 1 aliphatic rings. The number of likely N-dealkylation sites (N-methyl/N-ethyl adjacent to an activating group) is 1. The van der Waals surface area contributed by atoms with E-state index in [1.807, 2.05) is 43.3 Å². The van der Waals surface area contributed by atoms with Crippen molar-refractivity contribution in [1.29, 1.82) is 0 Å². The van der Waals surface area contributed by atoms with Crippen molar-refractivity contribution in [2.45, 2.75) is 12.5 Å². The Hall–Kier alpha value is -2.93. The van der Waals surface area contributed by atoms with Crippen LogP contribution in [-0.2, 0) is 9.59 Å². The van der Waals surface area contributed by atoms with E-state index in [1.165, 1.54) is 11.0 Å². The molecule has 0 spiro atoms. The van der Waals surface area contributed by atoms with Crippen LogP contribution in [0.2, 0.25) is 0 Å². The van der Waals surface area contributed by atoms with Crippen LogP contribution in [0.25, 0.3) is 0 Å². The SMILES string of the molecule is COc1ccc([C@H](CNC(=O)[C@@H]2CC(=O)N(c3ccccc3F)C2)N(C)C)cc1. The Kier molecular flexibility index (Phi) is 6.49. The van der Waals surface area contributed by atoms with E-state index >= 15 is 0 Å². The highest BCUT2D eigenvalue weighted by Gasteiger charge is 2.36. The minimum Gasteiger partial charge on any atom is -0.497 e. The number of halogens is 1. The normalized spacial score (nSPS) is 17.5. The lowest BCUT2D eigenvalue weighted by molar-refractivity contribution is -0.126. The molecule has 0 unspecified atom stereocenters. The monoisotopic (exact) mass is 399 g/mol. The van der Waals surface area contributed by atoms with Gasteiger partial charge in [-0.3, -0.25) is 9.59 Å². The van der Waals surface area contributed by atoms with Crippen molar-refractivity contribution in [2.24, 2.45) is 5.92 Å². The number of carbonyl (C=O) groups is 2. The zero-order valence-electron chi connectivity index (χ0n) is 16.9. The van der Waals surface area contributed by atoms with Gasteiger partial charge in [0.15, 0.2) is 0 Å². The lowest BCUT2D eigenvalue weighted by Gasteiger charge is -2.26. The first kappa shape index (κ1) is 20.8. The summed E-state index contributed by atoms with van der Waals surface area (Å²) in [6.45, 7) is 0.587. The topological polar surface area (TPSA) is 61.9 Å². The molecule has 2 aromatic carbocycles. The standard InChI is InChI=1S/C22H26FN3O3/c1-25(2)20(15-8-10-17(29-3)11-9-15)13-24-22(28)16-12-21(27)26(14-16)19-7-5-4-6-18(19)23/h4-11,16,20H,12-14H2,1-3H3,(H,24,28)/t16-,20+/m1/s1. The third-order valence-corrected chi connectivity index (χ3v) is 5.23. The maximum absolute atomic E-state index is 14.0. The van der Waals surface area contributed by atoms with Crippen LogP contribution >= 0.6 is 0 Å². The molecule has 0 saturated carbocycles. The quantitative estimate of drug-likeness (QED) is 0.778. The van der Waals surface area contributed by atoms with E-state index < -0.39 is 11.7 Å². The Morgan fingerprint density at radius 2 is 1.93 bits per heavy atom. The second-order valence-electron chi connectivity index (χ2n) is 7.35. The number of rotatable bonds is 7. The van der Waals surface area contributed by atoms with Crippen LogP contribution in [0.15, 0.2) is 48.5 Å². The molecule has 1 fully saturated rings. The first-order chi connectivity index (χ1) is 13.9. The smallest absolute Gasteiger partial charge is 0.227 e. The average molecular weight is 399 g/mol. The number of carbonyl (C=O) groups excluding carboxylic acids is 2. The molecule has 1 aliphatic heterocycles. The molecular formula is C22H26FN3O3. The fourth-order valence-corrected chi connectivity index (χ4v) is 3.55. The van der Waals surface area contributed by atoms with E-state index in [9.17, 15) is 14.0 Å². The van der Waals surface area contributed by atoms with Crippen molar-refractivity contribution in [1.82, 2.24) is 10.2 Å². The van der Waals surface area contributed by atoms with Crippen LogP contribution < -0.4 is 15.0 Å². The maximum Gasteiger partial charge on any atom is 0.227 e. The molecule has 29 heavy (non-hydrogen) atoms. The lowest BCUT2D eigenvalue weighted by atomic mass is 10.0. The molecule has 2 atom stereocenters. The van der Waals surface area contributed by atoms with E-state index in [0.717, 1.165) is 11.3 Å². The van der Waals surface area contributed by atoms with Gasteiger partial charge in [0.2, 0.25) is 11.8 Å². The number of methoxy groups -OCH3 is 1. The molecular weight excluding hydrogens is 373 g/mol. The fourth-order valence-electron chi connectivity index (χ4n) is 3.55. The molecule has 3 rings (SSSR count). The number of amides is 2. The molecule has 6 nitrogen and oxygen atoms in total. The zero-order chi connectivity index (χ0) is 21.0. The summed E-state index contributed by atoms with van der Waals surface area (Å²) in [6, 6.07) is 13.8. The molecule has 1 heterocycles. The molecule has 0 aromatic heterocycles. The molecule has 2 aromatic rings. The highest BCUT2D eigenvalue weighted by molar-refractivity contribution is 6.00. The molecule has 7 heteroatoms. The molecule has 0 aliphatic carbocycles. The molecule has 0 radical (unpaired) electrons. The van der Waals surface area contributed by atoms with Crippen molar-refractivity contribution < 1.29 is 18.7 Å². The van der Waals surface area contributed by atoms with Crippen LogP contribution in [0.1, 0.15) is 18.0 Å². The van der Waals surface area contributed by atoms with Gasteiger partial charge in [0.05, 0.1) is 24.8 Å². The number of hydrogen-bond acceptors (Lipinski definition) is 4. The Balaban J connectivity index is 1.63. The number of benzene rings is 2. The van der Waals surface area contributed by atoms with E-state index in [-0.39, 0.29) is 36.5 Å². The predicted octanol–water partition coefficient (Wildman–Crippen LogP) is 2.61. The largest absolute Gasteiger partial charge is 0.497 e. The maximum atomic E-state index is 14.0. The summed E-state index contributed by atoms with van der Waals surface area (Å²) in [4.78, 5) is 28.4. The predicted molar refractivity (Wildman–Crippen MR) is 109 cm³/mol. The fraction of sp³-hybridized carbons (Fsp3) is 0.364. The summed E-state index contributed by atoms with van der Waals surface area (Å²) in [5, 5.41) is 2.96. The molecule has 1 saturated heterocycles. The van der Waals surface area contributed by atoms with Gasteiger partial charge < -0.3 is 19.9 Å². The van der Waals surface area contributed by atoms with Crippen molar-refractivity contribution in [3.63, 3.8) is 0 Å². The minimum atomic E-state index is -0.499. The summed E-state index contributed by atoms with van der Waals surface area (Å²) in [6.07, 6.45) is 0.0787. The van der Waals surface area contributed by atoms with Crippen LogP contribution in [0.4, 0.5) is 10.1 Å². The number of hydrogen-bond donors (Lipinski definition) is 1. The number of anilines is 1. The summed E-state index contributed by atoms with van der Waals surface area (Å²) in [5.41, 5.74) is 1.27. The Morgan fingerprint density at radius 1 is 1.24 bits per heavy atom. The molecule has 1 N–H and O–H groups in total. The van der Waals surface area contributed by atoms with Crippen LogP contribution in [-0.4, -0.2) is 51.0 Å². The number of nitrogens with zero attached hydrogens (tertiary/aromatic N) is 2. The Bertz CT molecular complexity index is 870. The van der Waals surface area contributed by atoms with Crippen molar-refractivity contribution >= 4 is 17.5 Å². The second kappa shape index (κ2) is 9.05. The zero-order valence-corrected chi connectivity index (χ0v) is 16.9. The van der Waals surface area contributed by atoms with Gasteiger partial charge in [-0.25, -0.2) is 4.39 Å². The Morgan fingerprint density at radius 3 is 2.55 bits per heavy atom. The number of nitrogens with one attached hydrogen (secondary N) is 1. The lowest BCUT2D eigenvalue weighted by Crippen LogP contribution is -2.38. The first-order valence-corrected chi connectivity index (χ1v) is 9.53. The third kappa shape index (κ3) is 4.74. The summed E-state index contributed by atoms with van der Waals surface area (Å²) in [5.74, 6) is -0.630. The average Bonchev–Trinajstić information content (AvgIpc) is 3.10. The van der Waals surface area contributed by atoms with Gasteiger partial charge in [0.1, 0.15) is 11.6 Å². The van der Waals surface area contributed by atoms with E-state index in [0.29, 0.717) is 6.54 Å². The van der Waals surface area contributed by atoms with Crippen LogP contribution in [0.5, 0.6) is 5.75 Å². The summed E-state index contributed by atoms with van der Waals surface area (Å²) in [7, 11) is 5.51. The number of para-hydroxylation sites is 1. The third-order valence-electron chi connectivity index (χ3n) is 5.23. The highest BCUT2D eigenvalue weighted by atomic mass is 19.1. The van der Waals surface area contributed by atoms with Gasteiger partial charge in [-0.1, -0.05) is 24.3 Å². The Labute approximate surface area is 170 Å². The molecule has 0 bridgehead atoms. The highest BCUT2D eigenvalue weighted by Crippen LogP contribution is 2.27. The molecule has 154 valence electrons. The van der Waals surface area contributed by atoms with E-state index in [4.69, 9.17) is 4.74 Å². The van der Waals surface area contributed by atoms with E-state index in [2.05, 4.69) is 5.32 Å². The van der Waals surface area contributed by atoms with Gasteiger partial charge >= 0.3 is 0 Å². The van der Waals surface area contributed by atoms with Crippen molar-refractivity contribution in [3.8, 4) is 5.75 Å². The van der Waals surface area contributed by atoms with Gasteiger partial charge in [0, 0.05) is 19.5 Å². The van der Waals surface area contributed by atoms with Gasteiger partial charge in [-0.2, -0.15) is 0 Å². The van der Waals surface area contributed by atoms with E-state index in [1.54, 1.807) is 25.3 Å². The molecule has 2 amide bonds. The summed E-state index contributed by atoms with van der Waals surface area (Å²) >= 11 is 0. The van der Waals surface area contributed by atoms with Gasteiger partial charge in [-0.05, 0) is 43.9 Å². The minimum absolute atomic E-state index is 0.0235. The second-order valence-corrected chi connectivity index (χ2v) is 7.35.